The molecule has 3 heterocycles. The van der Waals surface area contributed by atoms with Crippen LogP contribution in [0.5, 0.6) is 5.75 Å². The van der Waals surface area contributed by atoms with Gasteiger partial charge in [0, 0.05) is 40.7 Å². The summed E-state index contributed by atoms with van der Waals surface area (Å²) in [7, 11) is -1.72. The van der Waals surface area contributed by atoms with Crippen LogP contribution in [0.3, 0.4) is 0 Å². The number of aryl methyl sites for hydroxylation is 1. The van der Waals surface area contributed by atoms with E-state index in [1.165, 1.54) is 0 Å². The molecular formula is C28H29N5O3S2. The molecule has 0 spiro atoms. The maximum atomic E-state index is 11.7. The number of rotatable bonds is 7. The number of methoxy groups -OCH3 is 1. The van der Waals surface area contributed by atoms with Crippen molar-refractivity contribution in [3.8, 4) is 11.4 Å². The molecule has 2 unspecified atom stereocenters. The molecule has 0 radical (unpaired) electrons. The molecule has 196 valence electrons. The molecule has 0 bridgehead atoms. The van der Waals surface area contributed by atoms with Gasteiger partial charge in [0.15, 0.2) is 5.11 Å². The summed E-state index contributed by atoms with van der Waals surface area (Å²) < 4.78 is 33.6. The van der Waals surface area contributed by atoms with Crippen LogP contribution in [0, 0.1) is 13.8 Å². The maximum absolute atomic E-state index is 11.7. The normalized spacial score (nSPS) is 17.4. The number of pyridine rings is 1. The zero-order valence-corrected chi connectivity index (χ0v) is 23.2. The van der Waals surface area contributed by atoms with E-state index in [1.807, 2.05) is 48.5 Å². The number of ether oxygens (including phenoxy) is 1. The predicted octanol–water partition coefficient (Wildman–Crippen LogP) is 5.05. The predicted molar refractivity (Wildman–Crippen MR) is 155 cm³/mol. The molecule has 1 fully saturated rings. The van der Waals surface area contributed by atoms with E-state index in [0.717, 1.165) is 46.0 Å². The van der Waals surface area contributed by atoms with E-state index >= 15 is 0 Å². The Morgan fingerprint density at radius 1 is 1.00 bits per heavy atom. The van der Waals surface area contributed by atoms with Gasteiger partial charge in [-0.15, -0.1) is 0 Å². The molecule has 0 aliphatic carbocycles. The second-order valence-electron chi connectivity index (χ2n) is 9.28. The monoisotopic (exact) mass is 547 g/mol. The van der Waals surface area contributed by atoms with Crippen molar-refractivity contribution in [3.63, 3.8) is 0 Å². The molecule has 2 aromatic heterocycles. The minimum Gasteiger partial charge on any atom is -0.497 e. The molecule has 10 heteroatoms. The molecule has 0 amide bonds. The maximum Gasteiger partial charge on any atom is 0.229 e. The van der Waals surface area contributed by atoms with Crippen LogP contribution in [-0.4, -0.2) is 36.4 Å². The number of sulfonamides is 1. The number of nitrogens with one attached hydrogen (secondary N) is 2. The summed E-state index contributed by atoms with van der Waals surface area (Å²) in [6.45, 7) is 4.19. The smallest absolute Gasteiger partial charge is 0.229 e. The Bertz CT molecular complexity index is 1580. The van der Waals surface area contributed by atoms with Gasteiger partial charge in [0.1, 0.15) is 5.75 Å². The van der Waals surface area contributed by atoms with Gasteiger partial charge in [-0.2, -0.15) is 0 Å². The Labute approximate surface area is 228 Å². The number of thiocarbonyl (C=S) groups is 1. The van der Waals surface area contributed by atoms with Crippen LogP contribution < -0.4 is 19.7 Å². The highest BCUT2D eigenvalue weighted by Crippen LogP contribution is 2.44. The summed E-state index contributed by atoms with van der Waals surface area (Å²) in [5, 5.41) is 4.06. The summed E-state index contributed by atoms with van der Waals surface area (Å²) in [6, 6.07) is 22.9. The van der Waals surface area contributed by atoms with Gasteiger partial charge in [-0.25, -0.2) is 8.42 Å². The van der Waals surface area contributed by atoms with Crippen molar-refractivity contribution < 1.29 is 13.2 Å². The highest BCUT2D eigenvalue weighted by atomic mass is 32.2. The van der Waals surface area contributed by atoms with Gasteiger partial charge in [0.2, 0.25) is 10.0 Å². The first-order valence-electron chi connectivity index (χ1n) is 12.1. The molecule has 5 rings (SSSR count). The molecule has 2 aromatic carbocycles. The van der Waals surface area contributed by atoms with Gasteiger partial charge in [0.25, 0.3) is 0 Å². The fraction of sp³-hybridized carbons (Fsp3) is 0.214. The lowest BCUT2D eigenvalue weighted by molar-refractivity contribution is 0.414. The van der Waals surface area contributed by atoms with Gasteiger partial charge in [-0.05, 0) is 86.2 Å². The van der Waals surface area contributed by atoms with E-state index in [0.29, 0.717) is 10.8 Å². The second-order valence-corrected chi connectivity index (χ2v) is 11.4. The Kier molecular flexibility index (Phi) is 6.85. The SMILES string of the molecule is COc1cccc(-n2c(C)cc(C3C(c4ccccn4)NC(=S)N3c3ccc(NS(C)(=O)=O)cc3)c2C)c1. The Morgan fingerprint density at radius 3 is 2.42 bits per heavy atom. The summed E-state index contributed by atoms with van der Waals surface area (Å²) in [5.41, 5.74) is 6.48. The summed E-state index contributed by atoms with van der Waals surface area (Å²) in [4.78, 5) is 6.72. The number of nitrogens with zero attached hydrogens (tertiary/aromatic N) is 3. The lowest BCUT2D eigenvalue weighted by Crippen LogP contribution is -2.29. The minimum atomic E-state index is -3.38. The number of hydrogen-bond donors (Lipinski definition) is 2. The fourth-order valence-corrected chi connectivity index (χ4v) is 6.00. The third-order valence-electron chi connectivity index (χ3n) is 6.65. The topological polar surface area (TPSA) is 88.5 Å². The third-order valence-corrected chi connectivity index (χ3v) is 7.57. The van der Waals surface area contributed by atoms with Crippen LogP contribution in [0.15, 0.2) is 79.0 Å². The largest absolute Gasteiger partial charge is 0.497 e. The average molecular weight is 548 g/mol. The standard InChI is InChI=1S/C28H29N5O3S2/c1-18-16-24(19(2)32(18)22-8-7-9-23(17-22)36-3)27-26(25-10-5-6-15-29-25)30-28(37)33(27)21-13-11-20(12-14-21)31-38(4,34)35/h5-17,26-27,31H,1-4H3,(H,30,37). The van der Waals surface area contributed by atoms with Gasteiger partial charge in [-0.1, -0.05) is 12.1 Å². The summed E-state index contributed by atoms with van der Waals surface area (Å²) in [6.07, 6.45) is 2.91. The van der Waals surface area contributed by atoms with E-state index in [2.05, 4.69) is 50.5 Å². The van der Waals surface area contributed by atoms with Crippen LogP contribution in [0.2, 0.25) is 0 Å². The van der Waals surface area contributed by atoms with Crippen molar-refractivity contribution in [3.05, 3.63) is 102 Å². The lowest BCUT2D eigenvalue weighted by atomic mass is 9.96. The first-order chi connectivity index (χ1) is 18.2. The van der Waals surface area contributed by atoms with Gasteiger partial charge >= 0.3 is 0 Å². The van der Waals surface area contributed by atoms with Crippen molar-refractivity contribution >= 4 is 38.7 Å². The Morgan fingerprint density at radius 2 is 1.76 bits per heavy atom. The van der Waals surface area contributed by atoms with Crippen molar-refractivity contribution in [1.82, 2.24) is 14.9 Å². The Balaban J connectivity index is 1.62. The van der Waals surface area contributed by atoms with Crippen LogP contribution in [0.1, 0.15) is 34.7 Å². The number of hydrogen-bond acceptors (Lipinski definition) is 5. The first-order valence-corrected chi connectivity index (χ1v) is 14.4. The lowest BCUT2D eigenvalue weighted by Gasteiger charge is -2.28. The van der Waals surface area contributed by atoms with E-state index in [-0.39, 0.29) is 12.1 Å². The van der Waals surface area contributed by atoms with Crippen LogP contribution in [0.4, 0.5) is 11.4 Å². The minimum absolute atomic E-state index is 0.197. The molecule has 4 aromatic rings. The molecule has 1 aliphatic rings. The van der Waals surface area contributed by atoms with Gasteiger partial charge in [-0.3, -0.25) is 9.71 Å². The van der Waals surface area contributed by atoms with Gasteiger partial charge in [0.05, 0.1) is 31.1 Å². The highest BCUT2D eigenvalue weighted by molar-refractivity contribution is 7.92. The number of aromatic nitrogens is 2. The van der Waals surface area contributed by atoms with Crippen LogP contribution in [-0.2, 0) is 10.0 Å². The molecule has 38 heavy (non-hydrogen) atoms. The van der Waals surface area contributed by atoms with Crippen LogP contribution >= 0.6 is 12.2 Å². The number of benzene rings is 2. The quantitative estimate of drug-likeness (QED) is 0.313. The molecule has 2 atom stereocenters. The second kappa shape index (κ2) is 10.1. The van der Waals surface area contributed by atoms with Crippen molar-refractivity contribution in [2.24, 2.45) is 0 Å². The molecule has 1 saturated heterocycles. The fourth-order valence-electron chi connectivity index (χ4n) is 5.09. The molecule has 1 aliphatic heterocycles. The van der Waals surface area contributed by atoms with E-state index in [4.69, 9.17) is 17.0 Å². The first kappa shape index (κ1) is 25.7. The van der Waals surface area contributed by atoms with E-state index in [1.54, 1.807) is 25.4 Å². The molecule has 2 N–H and O–H groups in total. The van der Waals surface area contributed by atoms with E-state index in [9.17, 15) is 8.42 Å². The average Bonchev–Trinajstić information content (AvgIpc) is 3.39. The summed E-state index contributed by atoms with van der Waals surface area (Å²) >= 11 is 5.86. The zero-order valence-electron chi connectivity index (χ0n) is 21.5. The molecule has 0 saturated carbocycles. The Hall–Kier alpha value is -3.89. The molecular weight excluding hydrogens is 518 g/mol. The summed E-state index contributed by atoms with van der Waals surface area (Å²) in [5.74, 6) is 0.788. The van der Waals surface area contributed by atoms with E-state index < -0.39 is 10.0 Å². The van der Waals surface area contributed by atoms with Crippen molar-refractivity contribution in [1.29, 1.82) is 0 Å². The number of anilines is 2. The highest BCUT2D eigenvalue weighted by Gasteiger charge is 2.42. The van der Waals surface area contributed by atoms with Crippen molar-refractivity contribution in [2.45, 2.75) is 25.9 Å². The van der Waals surface area contributed by atoms with Gasteiger partial charge < -0.3 is 19.5 Å². The van der Waals surface area contributed by atoms with Crippen LogP contribution in [0.25, 0.3) is 5.69 Å². The third kappa shape index (κ3) is 4.97. The molecule has 8 nitrogen and oxygen atoms in total. The van der Waals surface area contributed by atoms with Crippen molar-refractivity contribution in [2.75, 3.05) is 23.0 Å². The zero-order chi connectivity index (χ0) is 27.0.